The van der Waals surface area contributed by atoms with Crippen molar-refractivity contribution in [2.24, 2.45) is 0 Å². The van der Waals surface area contributed by atoms with E-state index in [1.54, 1.807) is 26.4 Å². The standard InChI is InChI=1S/C21H26O5/c1-23-15-7-11-17-9-3-5-13-19(17)25-21(22)26-20-14-6-4-10-18(20)12-8-16-24-2/h3-6,9-10,13-14H,7-8,11-12,15-16H2,1-2H3. The summed E-state index contributed by atoms with van der Waals surface area (Å²) in [4.78, 5) is 12.3. The fourth-order valence-corrected chi connectivity index (χ4v) is 2.63. The van der Waals surface area contributed by atoms with Crippen LogP contribution < -0.4 is 9.47 Å². The second-order valence-electron chi connectivity index (χ2n) is 5.86. The van der Waals surface area contributed by atoms with Crippen molar-refractivity contribution in [1.82, 2.24) is 0 Å². The Labute approximate surface area is 154 Å². The Morgan fingerprint density at radius 1 is 0.731 bits per heavy atom. The van der Waals surface area contributed by atoms with Gasteiger partial charge in [-0.3, -0.25) is 0 Å². The minimum Gasteiger partial charge on any atom is -0.394 e. The van der Waals surface area contributed by atoms with E-state index in [4.69, 9.17) is 18.9 Å². The second-order valence-corrected chi connectivity index (χ2v) is 5.86. The molecule has 0 bridgehead atoms. The van der Waals surface area contributed by atoms with Crippen LogP contribution in [0.1, 0.15) is 24.0 Å². The number of hydrogen-bond donors (Lipinski definition) is 0. The zero-order valence-corrected chi connectivity index (χ0v) is 15.4. The van der Waals surface area contributed by atoms with Gasteiger partial charge in [0.05, 0.1) is 0 Å². The third-order valence-electron chi connectivity index (χ3n) is 3.92. The van der Waals surface area contributed by atoms with Crippen molar-refractivity contribution in [3.63, 3.8) is 0 Å². The van der Waals surface area contributed by atoms with Crippen molar-refractivity contribution >= 4 is 6.16 Å². The van der Waals surface area contributed by atoms with E-state index in [-0.39, 0.29) is 0 Å². The number of carbonyl (C=O) groups excluding carboxylic acids is 1. The van der Waals surface area contributed by atoms with Crippen LogP contribution in [0.2, 0.25) is 0 Å². The molecule has 5 nitrogen and oxygen atoms in total. The Morgan fingerprint density at radius 2 is 1.15 bits per heavy atom. The first-order valence-electron chi connectivity index (χ1n) is 8.78. The number of aryl methyl sites for hydroxylation is 2. The summed E-state index contributed by atoms with van der Waals surface area (Å²) in [5.74, 6) is 1.04. The predicted molar refractivity (Wildman–Crippen MR) is 99.9 cm³/mol. The summed E-state index contributed by atoms with van der Waals surface area (Å²) in [7, 11) is 3.34. The average molecular weight is 358 g/mol. The highest BCUT2D eigenvalue weighted by Crippen LogP contribution is 2.23. The molecule has 0 aliphatic carbocycles. The van der Waals surface area contributed by atoms with Gasteiger partial charge in [0.1, 0.15) is 11.5 Å². The SMILES string of the molecule is COCCCc1ccccc1OC(=O)Oc1ccccc1CCCOC. The maximum Gasteiger partial charge on any atom is 0.519 e. The van der Waals surface area contributed by atoms with Gasteiger partial charge in [-0.1, -0.05) is 36.4 Å². The number of para-hydroxylation sites is 2. The molecule has 140 valence electrons. The zero-order chi connectivity index (χ0) is 18.6. The Kier molecular flexibility index (Phi) is 8.66. The van der Waals surface area contributed by atoms with E-state index in [1.165, 1.54) is 0 Å². The lowest BCUT2D eigenvalue weighted by Gasteiger charge is -2.12. The molecule has 2 rings (SSSR count). The molecule has 2 aromatic rings. The van der Waals surface area contributed by atoms with Crippen molar-refractivity contribution < 1.29 is 23.7 Å². The summed E-state index contributed by atoms with van der Waals surface area (Å²) < 4.78 is 21.0. The number of hydrogen-bond acceptors (Lipinski definition) is 5. The molecule has 0 spiro atoms. The van der Waals surface area contributed by atoms with Crippen molar-refractivity contribution in [2.75, 3.05) is 27.4 Å². The lowest BCUT2D eigenvalue weighted by atomic mass is 10.1. The smallest absolute Gasteiger partial charge is 0.394 e. The molecule has 0 heterocycles. The maximum atomic E-state index is 12.3. The first-order valence-corrected chi connectivity index (χ1v) is 8.78. The lowest BCUT2D eigenvalue weighted by molar-refractivity contribution is 0.150. The monoisotopic (exact) mass is 358 g/mol. The Hall–Kier alpha value is -2.37. The molecule has 0 aliphatic rings. The van der Waals surface area contributed by atoms with E-state index >= 15 is 0 Å². The normalized spacial score (nSPS) is 10.5. The molecule has 0 saturated carbocycles. The number of methoxy groups -OCH3 is 2. The van der Waals surface area contributed by atoms with Gasteiger partial charge in [-0.25, -0.2) is 4.79 Å². The van der Waals surface area contributed by atoms with Crippen LogP contribution in [0.5, 0.6) is 11.5 Å². The topological polar surface area (TPSA) is 54.0 Å². The van der Waals surface area contributed by atoms with Crippen molar-refractivity contribution in [1.29, 1.82) is 0 Å². The summed E-state index contributed by atoms with van der Waals surface area (Å²) in [6.45, 7) is 1.32. The number of benzene rings is 2. The van der Waals surface area contributed by atoms with Gasteiger partial charge in [0.25, 0.3) is 0 Å². The Morgan fingerprint density at radius 3 is 1.58 bits per heavy atom. The van der Waals surface area contributed by atoms with Crippen molar-refractivity contribution in [3.8, 4) is 11.5 Å². The summed E-state index contributed by atoms with van der Waals surface area (Å²) in [5, 5.41) is 0. The van der Waals surface area contributed by atoms with Crippen molar-refractivity contribution in [2.45, 2.75) is 25.7 Å². The van der Waals surface area contributed by atoms with Crippen LogP contribution in [-0.2, 0) is 22.3 Å². The molecule has 0 unspecified atom stereocenters. The highest BCUT2D eigenvalue weighted by Gasteiger charge is 2.13. The summed E-state index contributed by atoms with van der Waals surface area (Å²) in [6.07, 6.45) is 2.52. The largest absolute Gasteiger partial charge is 0.519 e. The summed E-state index contributed by atoms with van der Waals surface area (Å²) in [5.41, 5.74) is 1.91. The zero-order valence-electron chi connectivity index (χ0n) is 15.4. The molecule has 2 aromatic carbocycles. The minimum absolute atomic E-state index is 0.519. The van der Waals surface area contributed by atoms with Gasteiger partial charge in [0.15, 0.2) is 0 Å². The molecule has 0 amide bonds. The average Bonchev–Trinajstić information content (AvgIpc) is 2.65. The van der Waals surface area contributed by atoms with E-state index < -0.39 is 6.16 Å². The van der Waals surface area contributed by atoms with Crippen LogP contribution in [0.15, 0.2) is 48.5 Å². The van der Waals surface area contributed by atoms with Gasteiger partial charge in [-0.15, -0.1) is 0 Å². The molecule has 0 fully saturated rings. The highest BCUT2D eigenvalue weighted by molar-refractivity contribution is 5.68. The van der Waals surface area contributed by atoms with Gasteiger partial charge in [-0.2, -0.15) is 0 Å². The van der Waals surface area contributed by atoms with Gasteiger partial charge >= 0.3 is 6.16 Å². The summed E-state index contributed by atoms with van der Waals surface area (Å²) >= 11 is 0. The molecule has 0 N–H and O–H groups in total. The van der Waals surface area contributed by atoms with Crippen LogP contribution >= 0.6 is 0 Å². The maximum absolute atomic E-state index is 12.3. The highest BCUT2D eigenvalue weighted by atomic mass is 16.7. The predicted octanol–water partition coefficient (Wildman–Crippen LogP) is 4.42. The van der Waals surface area contributed by atoms with Gasteiger partial charge in [0.2, 0.25) is 0 Å². The van der Waals surface area contributed by atoms with Crippen LogP contribution in [0.3, 0.4) is 0 Å². The molecule has 5 heteroatoms. The third-order valence-corrected chi connectivity index (χ3v) is 3.92. The minimum atomic E-state index is -0.733. The van der Waals surface area contributed by atoms with Crippen molar-refractivity contribution in [3.05, 3.63) is 59.7 Å². The number of carbonyl (C=O) groups is 1. The van der Waals surface area contributed by atoms with E-state index in [0.717, 1.165) is 36.8 Å². The fourth-order valence-electron chi connectivity index (χ4n) is 2.63. The molecule has 26 heavy (non-hydrogen) atoms. The second kappa shape index (κ2) is 11.3. The van der Waals surface area contributed by atoms with Crippen LogP contribution in [0, 0.1) is 0 Å². The van der Waals surface area contributed by atoms with Gasteiger partial charge in [0, 0.05) is 27.4 Å². The third kappa shape index (κ3) is 6.50. The molecule has 0 atom stereocenters. The number of ether oxygens (including phenoxy) is 4. The first-order chi connectivity index (χ1) is 12.7. The molecule has 0 aromatic heterocycles. The molecule has 0 radical (unpaired) electrons. The van der Waals surface area contributed by atoms with E-state index in [9.17, 15) is 4.79 Å². The molecular formula is C21H26O5. The van der Waals surface area contributed by atoms with Crippen LogP contribution in [0.4, 0.5) is 4.79 Å². The van der Waals surface area contributed by atoms with E-state index in [0.29, 0.717) is 24.7 Å². The number of rotatable bonds is 10. The summed E-state index contributed by atoms with van der Waals surface area (Å²) in [6, 6.07) is 14.9. The van der Waals surface area contributed by atoms with Crippen LogP contribution in [0.25, 0.3) is 0 Å². The molecule has 0 aliphatic heterocycles. The fraction of sp³-hybridized carbons (Fsp3) is 0.381. The Balaban J connectivity index is 1.99. The quantitative estimate of drug-likeness (QED) is 0.357. The molecular weight excluding hydrogens is 332 g/mol. The first kappa shape index (κ1) is 19.9. The van der Waals surface area contributed by atoms with Gasteiger partial charge in [-0.05, 0) is 48.9 Å². The van der Waals surface area contributed by atoms with Crippen LogP contribution in [-0.4, -0.2) is 33.6 Å². The van der Waals surface area contributed by atoms with Gasteiger partial charge < -0.3 is 18.9 Å². The van der Waals surface area contributed by atoms with E-state index in [1.807, 2.05) is 36.4 Å². The molecule has 0 saturated heterocycles. The Bertz CT molecular complexity index is 626. The lowest BCUT2D eigenvalue weighted by Crippen LogP contribution is -2.15. The van der Waals surface area contributed by atoms with E-state index in [2.05, 4.69) is 0 Å².